The van der Waals surface area contributed by atoms with E-state index in [1.54, 1.807) is 48.5 Å². The van der Waals surface area contributed by atoms with Crippen molar-refractivity contribution in [2.24, 2.45) is 5.92 Å². The van der Waals surface area contributed by atoms with Crippen LogP contribution in [0.2, 0.25) is 0 Å². The summed E-state index contributed by atoms with van der Waals surface area (Å²) in [6, 6.07) is 14.5. The molecule has 0 N–H and O–H groups in total. The van der Waals surface area contributed by atoms with Gasteiger partial charge in [0.15, 0.2) is 0 Å². The van der Waals surface area contributed by atoms with Crippen LogP contribution in [-0.4, -0.2) is 109 Å². The van der Waals surface area contributed by atoms with Crippen molar-refractivity contribution in [3.63, 3.8) is 0 Å². The molecule has 0 spiro atoms. The van der Waals surface area contributed by atoms with Crippen molar-refractivity contribution in [3.05, 3.63) is 70.8 Å². The lowest BCUT2D eigenvalue weighted by atomic mass is 10.1. The molecule has 0 aromatic heterocycles. The van der Waals surface area contributed by atoms with Crippen LogP contribution in [0, 0.1) is 5.92 Å². The topological polar surface area (TPSA) is 74.8 Å². The van der Waals surface area contributed by atoms with Crippen LogP contribution in [-0.2, 0) is 0 Å². The van der Waals surface area contributed by atoms with E-state index in [4.69, 9.17) is 0 Å². The van der Waals surface area contributed by atoms with E-state index in [0.717, 1.165) is 60.7 Å². The number of nitrogens with zero attached hydrogens (tertiary/aromatic N) is 4. The monoisotopic (exact) mass is 734 g/mol. The van der Waals surface area contributed by atoms with E-state index in [9.17, 15) is 19.2 Å². The number of hydrogen-bond acceptors (Lipinski definition) is 4. The van der Waals surface area contributed by atoms with E-state index in [-0.39, 0.29) is 63.5 Å². The Morgan fingerprint density at radius 3 is 1.48 bits per heavy atom. The normalized spacial score (nSPS) is 16.0. The summed E-state index contributed by atoms with van der Waals surface area (Å²) in [4.78, 5) is 53.6. The van der Waals surface area contributed by atoms with Gasteiger partial charge in [0, 0.05) is 25.4 Å². The zero-order valence-electron chi connectivity index (χ0n) is 27.0. The van der Waals surface area contributed by atoms with Crippen LogP contribution >= 0.6 is 0 Å². The van der Waals surface area contributed by atoms with Gasteiger partial charge in [0.05, 0.1) is 76.1 Å². The van der Waals surface area contributed by atoms with Crippen molar-refractivity contribution in [3.8, 4) is 0 Å². The number of rotatable bonds is 15. The fraction of sp³-hybridized carbons (Fsp3) is 0.529. The first-order chi connectivity index (χ1) is 19.8. The molecule has 2 aliphatic rings. The molecule has 2 aromatic carbocycles. The summed E-state index contributed by atoms with van der Waals surface area (Å²) in [6.45, 7) is 8.25. The van der Waals surface area contributed by atoms with Gasteiger partial charge >= 0.3 is 0 Å². The summed E-state index contributed by atoms with van der Waals surface area (Å²) in [7, 11) is 8.94. The van der Waals surface area contributed by atoms with Crippen LogP contribution in [0.1, 0.15) is 87.4 Å². The number of hydrogen-bond donors (Lipinski definition) is 0. The second-order valence-corrected chi connectivity index (χ2v) is 13.6. The number of halogens is 2. The predicted molar refractivity (Wildman–Crippen MR) is 164 cm³/mol. The van der Waals surface area contributed by atoms with Crippen molar-refractivity contribution in [1.29, 1.82) is 0 Å². The first-order valence-electron chi connectivity index (χ1n) is 15.4. The van der Waals surface area contributed by atoms with Gasteiger partial charge in [0.2, 0.25) is 0 Å². The fourth-order valence-electron chi connectivity index (χ4n) is 6.45. The summed E-state index contributed by atoms with van der Waals surface area (Å²) in [5.74, 6) is -0.485. The van der Waals surface area contributed by atoms with Crippen molar-refractivity contribution < 1.29 is 62.1 Å². The zero-order valence-corrected chi connectivity index (χ0v) is 30.2. The van der Waals surface area contributed by atoms with Crippen LogP contribution in [0.5, 0.6) is 0 Å². The maximum Gasteiger partial charge on any atom is 0.261 e. The first kappa shape index (κ1) is 37.8. The van der Waals surface area contributed by atoms with Crippen molar-refractivity contribution >= 4 is 23.6 Å². The molecule has 2 atom stereocenters. The maximum atomic E-state index is 12.7. The highest BCUT2D eigenvalue weighted by Crippen LogP contribution is 2.25. The first-order valence-corrected chi connectivity index (χ1v) is 15.4. The predicted octanol–water partition coefficient (Wildman–Crippen LogP) is -1.29. The third-order valence-corrected chi connectivity index (χ3v) is 9.27. The molecule has 2 heterocycles. The number of imide groups is 2. The molecule has 2 aliphatic heterocycles. The van der Waals surface area contributed by atoms with Crippen LogP contribution in [0.25, 0.3) is 0 Å². The fourth-order valence-corrected chi connectivity index (χ4v) is 6.45. The number of benzene rings is 2. The lowest BCUT2D eigenvalue weighted by Gasteiger charge is -2.37. The standard InChI is InChI=1S/C34H48N4O4.2BrH/c1-25(23-36-33(41)29-17-11-12-18-30(29)34(36)42)24-37(3,4)21-13-7-8-14-22-38(5,6)26(2)19-20-35-31(39)27-15-9-10-16-28(27)32(35)40;;/h9-12,15-18,25-26H,7-8,13-14,19-24H2,1-6H3;2*1H/q+2;;/p-2. The molecular weight excluding hydrogens is 688 g/mol. The molecule has 0 saturated heterocycles. The largest absolute Gasteiger partial charge is 1.00 e. The molecule has 2 aromatic rings. The summed E-state index contributed by atoms with van der Waals surface area (Å²) < 4.78 is 1.72. The van der Waals surface area contributed by atoms with Gasteiger partial charge in [0.1, 0.15) is 0 Å². The van der Waals surface area contributed by atoms with E-state index < -0.39 is 0 Å². The van der Waals surface area contributed by atoms with Gasteiger partial charge in [-0.05, 0) is 56.9 Å². The smallest absolute Gasteiger partial charge is 0.261 e. The van der Waals surface area contributed by atoms with E-state index in [1.807, 2.05) is 0 Å². The number of quaternary nitrogens is 2. The Bertz CT molecular complexity index is 1280. The molecular formula is C34H48Br2N4O4. The van der Waals surface area contributed by atoms with Gasteiger partial charge in [-0.15, -0.1) is 0 Å². The Morgan fingerprint density at radius 1 is 0.614 bits per heavy atom. The number of carbonyl (C=O) groups excluding carboxylic acids is 4. The average Bonchev–Trinajstić information content (AvgIpc) is 3.33. The van der Waals surface area contributed by atoms with Gasteiger partial charge in [-0.2, -0.15) is 0 Å². The Hall–Kier alpha value is -2.40. The lowest BCUT2D eigenvalue weighted by Crippen LogP contribution is -3.00. The molecule has 4 amide bonds. The Balaban J connectivity index is 0.00000337. The molecule has 0 fully saturated rings. The molecule has 44 heavy (non-hydrogen) atoms. The second kappa shape index (κ2) is 15.7. The van der Waals surface area contributed by atoms with Gasteiger partial charge < -0.3 is 42.9 Å². The molecule has 4 rings (SSSR count). The minimum atomic E-state index is -0.174. The van der Waals surface area contributed by atoms with Crippen LogP contribution in [0.4, 0.5) is 0 Å². The highest BCUT2D eigenvalue weighted by molar-refractivity contribution is 6.22. The van der Waals surface area contributed by atoms with Crippen molar-refractivity contribution in [2.75, 3.05) is 60.9 Å². The average molecular weight is 737 g/mol. The second-order valence-electron chi connectivity index (χ2n) is 13.6. The summed E-state index contributed by atoms with van der Waals surface area (Å²) in [6.07, 6.45) is 5.38. The van der Waals surface area contributed by atoms with Crippen molar-refractivity contribution in [2.45, 2.75) is 52.0 Å². The van der Waals surface area contributed by atoms with E-state index >= 15 is 0 Å². The summed E-state index contributed by atoms with van der Waals surface area (Å²) in [5.41, 5.74) is 2.07. The molecule has 0 bridgehead atoms. The summed E-state index contributed by atoms with van der Waals surface area (Å²) >= 11 is 0. The van der Waals surface area contributed by atoms with E-state index in [2.05, 4.69) is 42.0 Å². The van der Waals surface area contributed by atoms with Gasteiger partial charge in [-0.25, -0.2) is 0 Å². The van der Waals surface area contributed by atoms with E-state index in [0.29, 0.717) is 41.4 Å². The minimum Gasteiger partial charge on any atom is -1.00 e. The Kier molecular flexibility index (Phi) is 13.5. The Morgan fingerprint density at radius 2 is 1.02 bits per heavy atom. The molecule has 0 aliphatic carbocycles. The van der Waals surface area contributed by atoms with E-state index in [1.165, 1.54) is 9.80 Å². The van der Waals surface area contributed by atoms with Gasteiger partial charge in [-0.1, -0.05) is 31.2 Å². The third-order valence-electron chi connectivity index (χ3n) is 9.27. The number of carbonyl (C=O) groups is 4. The molecule has 8 nitrogen and oxygen atoms in total. The highest BCUT2D eigenvalue weighted by Gasteiger charge is 2.37. The molecule has 0 saturated carbocycles. The summed E-state index contributed by atoms with van der Waals surface area (Å²) in [5, 5.41) is 0. The number of amides is 4. The van der Waals surface area contributed by atoms with Crippen LogP contribution in [0.3, 0.4) is 0 Å². The maximum absolute atomic E-state index is 12.7. The lowest BCUT2D eigenvalue weighted by molar-refractivity contribution is -0.913. The van der Waals surface area contributed by atoms with Crippen LogP contribution in [0.15, 0.2) is 48.5 Å². The molecule has 242 valence electrons. The molecule has 0 radical (unpaired) electrons. The molecule has 10 heteroatoms. The van der Waals surface area contributed by atoms with Crippen LogP contribution < -0.4 is 34.0 Å². The number of fused-ring (bicyclic) bond motifs is 2. The number of unbranched alkanes of at least 4 members (excludes halogenated alkanes) is 3. The SMILES string of the molecule is CC(CN1C(=O)c2ccccc2C1=O)C[N+](C)(C)CCCCCC[N+](C)(C)C(C)CCN1C(=O)c2ccccc2C1=O.[Br-].[Br-]. The quantitative estimate of drug-likeness (QED) is 0.130. The Labute approximate surface area is 284 Å². The highest BCUT2D eigenvalue weighted by atomic mass is 79.9. The van der Waals surface area contributed by atoms with Gasteiger partial charge in [-0.3, -0.25) is 29.0 Å². The van der Waals surface area contributed by atoms with Crippen molar-refractivity contribution in [1.82, 2.24) is 9.80 Å². The molecule has 2 unspecified atom stereocenters. The van der Waals surface area contributed by atoms with Gasteiger partial charge in [0.25, 0.3) is 23.6 Å². The third kappa shape index (κ3) is 8.65. The minimum absolute atomic E-state index is 0. The zero-order chi connectivity index (χ0) is 30.7.